The van der Waals surface area contributed by atoms with Crippen molar-refractivity contribution in [3.05, 3.63) is 20.9 Å². The molecule has 0 aliphatic rings. The van der Waals surface area contributed by atoms with Crippen LogP contribution in [0.5, 0.6) is 0 Å². The van der Waals surface area contributed by atoms with Gasteiger partial charge >= 0.3 is 7.69 Å². The van der Waals surface area contributed by atoms with Crippen LogP contribution in [0.4, 0.5) is 0 Å². The van der Waals surface area contributed by atoms with Crippen molar-refractivity contribution < 1.29 is 9.51 Å². The molecule has 8 nitrogen and oxygen atoms in total. The number of nitrogens with zero attached hydrogens (tertiary/aromatic N) is 6. The molecule has 0 bridgehead atoms. The lowest BCUT2D eigenvalue weighted by atomic mass is 10.4. The Kier molecular flexibility index (Phi) is 5.09. The van der Waals surface area contributed by atoms with Crippen LogP contribution in [0.2, 0.25) is 0 Å². The van der Waals surface area contributed by atoms with Gasteiger partial charge in [-0.05, 0) is 11.1 Å². The summed E-state index contributed by atoms with van der Waals surface area (Å²) in [4.78, 5) is 4.44. The largest absolute Gasteiger partial charge is 0.588 e. The highest BCUT2D eigenvalue weighted by molar-refractivity contribution is 6.17. The summed E-state index contributed by atoms with van der Waals surface area (Å²) in [5.41, 5.74) is 15.2. The Bertz CT molecular complexity index is 134. The average Bonchev–Trinajstić information content (AvgIpc) is 1.89. The Morgan fingerprint density at radius 2 is 1.56 bits per heavy atom. The highest BCUT2D eigenvalue weighted by Gasteiger charge is 1.84. The molecule has 0 fully saturated rings. The summed E-state index contributed by atoms with van der Waals surface area (Å²) >= 11 is 0. The third-order valence-corrected chi connectivity index (χ3v) is 0.294. The van der Waals surface area contributed by atoms with Crippen LogP contribution in [0.1, 0.15) is 0 Å². The van der Waals surface area contributed by atoms with Crippen LogP contribution in [0.3, 0.4) is 0 Å². The van der Waals surface area contributed by atoms with Crippen molar-refractivity contribution >= 4 is 7.69 Å². The van der Waals surface area contributed by atoms with Crippen LogP contribution in [0.25, 0.3) is 20.9 Å². The van der Waals surface area contributed by atoms with Gasteiger partial charge in [-0.2, -0.15) is 0 Å². The third-order valence-electron chi connectivity index (χ3n) is 0.294. The maximum atomic E-state index is 7.60. The van der Waals surface area contributed by atoms with Gasteiger partial charge in [0.25, 0.3) is 0 Å². The molecule has 0 aromatic rings. The van der Waals surface area contributed by atoms with Gasteiger partial charge in [-0.3, -0.25) is 0 Å². The average molecular weight is 128 g/mol. The van der Waals surface area contributed by atoms with E-state index in [-0.39, 0.29) is 7.69 Å². The van der Waals surface area contributed by atoms with E-state index in [1.807, 2.05) is 0 Å². The number of hydrogen-bond acceptors (Lipinski definition) is 4. The fraction of sp³-hybridized carbons (Fsp3) is 0. The first-order valence-electron chi connectivity index (χ1n) is 1.74. The van der Waals surface area contributed by atoms with Crippen molar-refractivity contribution in [2.24, 2.45) is 10.6 Å². The third kappa shape index (κ3) is 6.28. The molecule has 0 radical (unpaired) electrons. The van der Waals surface area contributed by atoms with Crippen molar-refractivity contribution in [3.8, 4) is 0 Å². The molecular formula is HBN6O2. The van der Waals surface area contributed by atoms with Gasteiger partial charge in [0.2, 0.25) is 0 Å². The van der Waals surface area contributed by atoms with Crippen molar-refractivity contribution in [1.29, 1.82) is 0 Å². The maximum absolute atomic E-state index is 7.60. The monoisotopic (exact) mass is 128 g/mol. The zero-order chi connectivity index (χ0) is 6.95. The van der Waals surface area contributed by atoms with E-state index in [1.165, 1.54) is 0 Å². The lowest BCUT2D eigenvalue weighted by molar-refractivity contribution is 0.231. The van der Waals surface area contributed by atoms with Crippen LogP contribution < -0.4 is 0 Å². The smallest absolute Gasteiger partial charge is 0.467 e. The van der Waals surface area contributed by atoms with Gasteiger partial charge in [-0.15, -0.1) is 0 Å². The normalized spacial score (nSPS) is 5.78. The van der Waals surface area contributed by atoms with Crippen molar-refractivity contribution in [2.75, 3.05) is 0 Å². The van der Waals surface area contributed by atoms with Gasteiger partial charge in [0.15, 0.2) is 0 Å². The second-order valence-electron chi connectivity index (χ2n) is 0.718. The first-order chi connectivity index (χ1) is 4.41. The summed E-state index contributed by atoms with van der Waals surface area (Å²) in [5.74, 6) is 0. The Labute approximate surface area is 49.8 Å². The molecule has 0 N–H and O–H groups in total. The van der Waals surface area contributed by atoms with Crippen LogP contribution >= 0.6 is 0 Å². The van der Waals surface area contributed by atoms with Crippen molar-refractivity contribution in [1.82, 2.24) is 0 Å². The molecule has 9 heteroatoms. The number of hydrogen-bond donors (Lipinski definition) is 0. The second-order valence-corrected chi connectivity index (χ2v) is 0.718. The van der Waals surface area contributed by atoms with E-state index in [2.05, 4.69) is 29.9 Å². The minimum Gasteiger partial charge on any atom is -0.467 e. The summed E-state index contributed by atoms with van der Waals surface area (Å²) in [7, 11) is -0.381. The van der Waals surface area contributed by atoms with E-state index in [0.29, 0.717) is 0 Å². The fourth-order valence-electron chi connectivity index (χ4n) is 0.122. The van der Waals surface area contributed by atoms with Crippen molar-refractivity contribution in [2.45, 2.75) is 0 Å². The summed E-state index contributed by atoms with van der Waals surface area (Å²) in [5, 5.41) is 5.23. The lowest BCUT2D eigenvalue weighted by Crippen LogP contribution is -1.91. The highest BCUT2D eigenvalue weighted by Crippen LogP contribution is 1.76. The summed E-state index contributed by atoms with van der Waals surface area (Å²) in [6, 6.07) is 0. The number of rotatable bonds is 4. The van der Waals surface area contributed by atoms with Gasteiger partial charge in [0, 0.05) is 9.82 Å². The summed E-state index contributed by atoms with van der Waals surface area (Å²) < 4.78 is 8.01. The fourth-order valence-corrected chi connectivity index (χ4v) is 0.122. The molecule has 0 unspecified atom stereocenters. The topological polar surface area (TPSA) is 116 Å². The minimum atomic E-state index is -0.381. The van der Waals surface area contributed by atoms with Crippen molar-refractivity contribution in [3.63, 3.8) is 0 Å². The zero-order valence-electron chi connectivity index (χ0n) is 4.21. The van der Waals surface area contributed by atoms with E-state index in [9.17, 15) is 0 Å². The Morgan fingerprint density at radius 3 is 1.89 bits per heavy atom. The molecule has 0 spiro atoms. The van der Waals surface area contributed by atoms with E-state index in [1.54, 1.807) is 0 Å². The minimum absolute atomic E-state index is 0.381. The van der Waals surface area contributed by atoms with Gasteiger partial charge in [-0.1, -0.05) is 0 Å². The van der Waals surface area contributed by atoms with Crippen LogP contribution in [-0.2, 0) is 9.51 Å². The molecule has 0 aromatic heterocycles. The van der Waals surface area contributed by atoms with E-state index < -0.39 is 0 Å². The molecule has 0 aliphatic carbocycles. The maximum Gasteiger partial charge on any atom is 0.588 e. The summed E-state index contributed by atoms with van der Waals surface area (Å²) in [6.07, 6.45) is 0. The molecule has 0 heterocycles. The molecule has 9 heavy (non-hydrogen) atoms. The predicted octanol–water partition coefficient (Wildman–Crippen LogP) is 0.737. The molecule has 0 atom stereocenters. The molecule has 46 valence electrons. The Balaban J connectivity index is 3.09. The molecule has 0 rings (SSSR count). The van der Waals surface area contributed by atoms with E-state index in [0.717, 1.165) is 0 Å². The molecule has 0 aliphatic heterocycles. The quantitative estimate of drug-likeness (QED) is 0.138. The number of azide groups is 2. The lowest BCUT2D eigenvalue weighted by Gasteiger charge is -1.88. The summed E-state index contributed by atoms with van der Waals surface area (Å²) in [6.45, 7) is 0. The molecule has 0 aromatic carbocycles. The molecule has 0 saturated heterocycles. The second kappa shape index (κ2) is 6.28. The van der Waals surface area contributed by atoms with Gasteiger partial charge in [0.1, 0.15) is 0 Å². The SMILES string of the molecule is [N-]=[N+]=NOBON=[N+]=[N-]. The Morgan fingerprint density at radius 1 is 1.11 bits per heavy atom. The van der Waals surface area contributed by atoms with Crippen LogP contribution in [0, 0.1) is 0 Å². The van der Waals surface area contributed by atoms with E-state index in [4.69, 9.17) is 11.1 Å². The predicted molar refractivity (Wildman–Crippen MR) is 27.6 cm³/mol. The van der Waals surface area contributed by atoms with E-state index >= 15 is 0 Å². The highest BCUT2D eigenvalue weighted by atomic mass is 16.7. The first-order valence-corrected chi connectivity index (χ1v) is 1.74. The first kappa shape index (κ1) is 7.28. The van der Waals surface area contributed by atoms with Crippen LogP contribution in [-0.4, -0.2) is 7.69 Å². The molecule has 0 saturated carbocycles. The molecular weight excluding hydrogens is 127 g/mol. The van der Waals surface area contributed by atoms with Gasteiger partial charge < -0.3 is 9.51 Å². The standard InChI is InChI=1S/BHN6O2/c2-4-6-8-1-9-7-5-3/h1H. The molecule has 0 amide bonds. The Hall–Kier alpha value is -1.72. The van der Waals surface area contributed by atoms with Gasteiger partial charge in [-0.25, -0.2) is 0 Å². The van der Waals surface area contributed by atoms with Gasteiger partial charge in [0.05, 0.1) is 10.6 Å². The zero-order valence-corrected chi connectivity index (χ0v) is 4.21. The van der Waals surface area contributed by atoms with Crippen LogP contribution in [0.15, 0.2) is 10.6 Å².